The largest absolute Gasteiger partial charge is 0.493 e. The lowest BCUT2D eigenvalue weighted by molar-refractivity contribution is -0.133. The number of hydrogen-bond donors (Lipinski definition) is 0. The van der Waals surface area contributed by atoms with Gasteiger partial charge < -0.3 is 19.3 Å². The SMILES string of the molecule is COc1ccc(CCN2C[C@H](C(=O)N(C)C)CC2=O)cc1OC. The second kappa shape index (κ2) is 7.35. The highest BCUT2D eigenvalue weighted by atomic mass is 16.5. The molecule has 2 rings (SSSR count). The molecular formula is C17H24N2O4. The van der Waals surface area contributed by atoms with Crippen LogP contribution in [0.5, 0.6) is 11.5 Å². The van der Waals surface area contributed by atoms with E-state index in [1.54, 1.807) is 38.1 Å². The predicted molar refractivity (Wildman–Crippen MR) is 86.6 cm³/mol. The van der Waals surface area contributed by atoms with Gasteiger partial charge >= 0.3 is 0 Å². The molecule has 1 aromatic carbocycles. The van der Waals surface area contributed by atoms with Gasteiger partial charge in [0, 0.05) is 33.6 Å². The average Bonchev–Trinajstić information content (AvgIpc) is 2.92. The smallest absolute Gasteiger partial charge is 0.227 e. The van der Waals surface area contributed by atoms with E-state index in [-0.39, 0.29) is 17.7 Å². The lowest BCUT2D eigenvalue weighted by Gasteiger charge is -2.18. The van der Waals surface area contributed by atoms with Crippen LogP contribution in [-0.2, 0) is 16.0 Å². The summed E-state index contributed by atoms with van der Waals surface area (Å²) in [6.45, 7) is 1.11. The Kier molecular flexibility index (Phi) is 5.47. The zero-order valence-corrected chi connectivity index (χ0v) is 14.2. The Bertz CT molecular complexity index is 586. The summed E-state index contributed by atoms with van der Waals surface area (Å²) in [7, 11) is 6.64. The third-order valence-electron chi connectivity index (χ3n) is 4.12. The molecule has 1 aromatic rings. The zero-order valence-electron chi connectivity index (χ0n) is 14.2. The van der Waals surface area contributed by atoms with Crippen LogP contribution in [0, 0.1) is 5.92 Å². The summed E-state index contributed by atoms with van der Waals surface area (Å²) in [6, 6.07) is 5.74. The van der Waals surface area contributed by atoms with Gasteiger partial charge in [0.2, 0.25) is 11.8 Å². The molecule has 6 heteroatoms. The third-order valence-corrected chi connectivity index (χ3v) is 4.12. The molecule has 0 radical (unpaired) electrons. The van der Waals surface area contributed by atoms with Gasteiger partial charge in [0.15, 0.2) is 11.5 Å². The fourth-order valence-electron chi connectivity index (χ4n) is 2.82. The minimum Gasteiger partial charge on any atom is -0.493 e. The molecule has 126 valence electrons. The first-order valence-corrected chi connectivity index (χ1v) is 7.66. The van der Waals surface area contributed by atoms with Gasteiger partial charge in [0.25, 0.3) is 0 Å². The Morgan fingerprint density at radius 2 is 1.96 bits per heavy atom. The minimum atomic E-state index is -0.220. The van der Waals surface area contributed by atoms with Crippen molar-refractivity contribution in [1.29, 1.82) is 0 Å². The summed E-state index contributed by atoms with van der Waals surface area (Å²) in [4.78, 5) is 27.4. The molecule has 0 spiro atoms. The fraction of sp³-hybridized carbons (Fsp3) is 0.529. The monoisotopic (exact) mass is 320 g/mol. The molecule has 0 aliphatic carbocycles. The maximum Gasteiger partial charge on any atom is 0.227 e. The van der Waals surface area contributed by atoms with E-state index in [0.29, 0.717) is 31.0 Å². The van der Waals surface area contributed by atoms with Crippen molar-refractivity contribution in [2.45, 2.75) is 12.8 Å². The normalized spacial score (nSPS) is 17.3. The number of ether oxygens (including phenoxy) is 2. The summed E-state index contributed by atoms with van der Waals surface area (Å²) in [5.41, 5.74) is 1.07. The van der Waals surface area contributed by atoms with Crippen molar-refractivity contribution in [2.24, 2.45) is 5.92 Å². The Morgan fingerprint density at radius 3 is 2.57 bits per heavy atom. The molecule has 1 heterocycles. The number of benzene rings is 1. The molecular weight excluding hydrogens is 296 g/mol. The second-order valence-electron chi connectivity index (χ2n) is 5.91. The van der Waals surface area contributed by atoms with Crippen molar-refractivity contribution < 1.29 is 19.1 Å². The van der Waals surface area contributed by atoms with Gasteiger partial charge in [-0.3, -0.25) is 9.59 Å². The molecule has 6 nitrogen and oxygen atoms in total. The molecule has 1 saturated heterocycles. The van der Waals surface area contributed by atoms with Gasteiger partial charge in [-0.1, -0.05) is 6.07 Å². The van der Waals surface area contributed by atoms with E-state index in [4.69, 9.17) is 9.47 Å². The highest BCUT2D eigenvalue weighted by molar-refractivity contribution is 5.89. The first-order chi connectivity index (χ1) is 11.0. The van der Waals surface area contributed by atoms with Crippen molar-refractivity contribution >= 4 is 11.8 Å². The molecule has 0 aromatic heterocycles. The fourth-order valence-corrected chi connectivity index (χ4v) is 2.82. The van der Waals surface area contributed by atoms with Crippen LogP contribution in [0.25, 0.3) is 0 Å². The summed E-state index contributed by atoms with van der Waals surface area (Å²) in [5.74, 6) is 1.21. The van der Waals surface area contributed by atoms with E-state index in [1.165, 1.54) is 0 Å². The highest BCUT2D eigenvalue weighted by Crippen LogP contribution is 2.28. The Labute approximate surface area is 137 Å². The third kappa shape index (κ3) is 3.94. The number of carbonyl (C=O) groups excluding carboxylic acids is 2. The number of methoxy groups -OCH3 is 2. The van der Waals surface area contributed by atoms with Gasteiger partial charge in [-0.25, -0.2) is 0 Å². The van der Waals surface area contributed by atoms with E-state index < -0.39 is 0 Å². The summed E-state index contributed by atoms with van der Waals surface area (Å²) >= 11 is 0. The molecule has 1 aliphatic rings. The lowest BCUT2D eigenvalue weighted by atomic mass is 10.1. The molecule has 0 unspecified atom stereocenters. The first kappa shape index (κ1) is 17.1. The van der Waals surface area contributed by atoms with Crippen molar-refractivity contribution in [2.75, 3.05) is 41.4 Å². The summed E-state index contributed by atoms with van der Waals surface area (Å²) < 4.78 is 10.5. The van der Waals surface area contributed by atoms with Crippen LogP contribution in [0.15, 0.2) is 18.2 Å². The maximum atomic E-state index is 12.1. The van der Waals surface area contributed by atoms with Crippen molar-refractivity contribution in [3.63, 3.8) is 0 Å². The van der Waals surface area contributed by atoms with E-state index in [0.717, 1.165) is 12.0 Å². The zero-order chi connectivity index (χ0) is 17.0. The van der Waals surface area contributed by atoms with Crippen molar-refractivity contribution in [3.05, 3.63) is 23.8 Å². The molecule has 2 amide bonds. The molecule has 1 atom stereocenters. The summed E-state index contributed by atoms with van der Waals surface area (Å²) in [6.07, 6.45) is 1.03. The quantitative estimate of drug-likeness (QED) is 0.790. The van der Waals surface area contributed by atoms with Crippen LogP contribution in [0.2, 0.25) is 0 Å². The van der Waals surface area contributed by atoms with Crippen LogP contribution in [0.1, 0.15) is 12.0 Å². The minimum absolute atomic E-state index is 0.0203. The van der Waals surface area contributed by atoms with Crippen LogP contribution < -0.4 is 9.47 Å². The van der Waals surface area contributed by atoms with E-state index in [9.17, 15) is 9.59 Å². The van der Waals surface area contributed by atoms with Crippen LogP contribution in [0.4, 0.5) is 0 Å². The average molecular weight is 320 g/mol. The molecule has 0 saturated carbocycles. The predicted octanol–water partition coefficient (Wildman–Crippen LogP) is 1.18. The number of likely N-dealkylation sites (tertiary alicyclic amines) is 1. The standard InChI is InChI=1S/C17H24N2O4/c1-18(2)17(21)13-10-16(20)19(11-13)8-7-12-5-6-14(22-3)15(9-12)23-4/h5-6,9,13H,7-8,10-11H2,1-4H3/t13-/m1/s1. The first-order valence-electron chi connectivity index (χ1n) is 7.66. The van der Waals surface area contributed by atoms with Gasteiger partial charge in [-0.2, -0.15) is 0 Å². The van der Waals surface area contributed by atoms with Gasteiger partial charge in [0.1, 0.15) is 0 Å². The van der Waals surface area contributed by atoms with Crippen LogP contribution in [0.3, 0.4) is 0 Å². The van der Waals surface area contributed by atoms with E-state index >= 15 is 0 Å². The number of hydrogen-bond acceptors (Lipinski definition) is 4. The second-order valence-corrected chi connectivity index (χ2v) is 5.91. The molecule has 0 N–H and O–H groups in total. The van der Waals surface area contributed by atoms with E-state index in [1.807, 2.05) is 18.2 Å². The van der Waals surface area contributed by atoms with Crippen LogP contribution in [-0.4, -0.2) is 63.0 Å². The lowest BCUT2D eigenvalue weighted by Crippen LogP contribution is -2.32. The Morgan fingerprint density at radius 1 is 1.26 bits per heavy atom. The van der Waals surface area contributed by atoms with Gasteiger partial charge in [-0.15, -0.1) is 0 Å². The summed E-state index contributed by atoms with van der Waals surface area (Å²) in [5, 5.41) is 0. The highest BCUT2D eigenvalue weighted by Gasteiger charge is 2.34. The van der Waals surface area contributed by atoms with E-state index in [2.05, 4.69) is 0 Å². The van der Waals surface area contributed by atoms with Gasteiger partial charge in [0.05, 0.1) is 20.1 Å². The van der Waals surface area contributed by atoms with Gasteiger partial charge in [-0.05, 0) is 24.1 Å². The van der Waals surface area contributed by atoms with Crippen LogP contribution >= 0.6 is 0 Å². The Balaban J connectivity index is 1.96. The number of carbonyl (C=O) groups is 2. The van der Waals surface area contributed by atoms with Crippen molar-refractivity contribution in [3.8, 4) is 11.5 Å². The number of nitrogens with zero attached hydrogens (tertiary/aromatic N) is 2. The molecule has 1 fully saturated rings. The number of amides is 2. The maximum absolute atomic E-state index is 12.1. The van der Waals surface area contributed by atoms with Crippen molar-refractivity contribution in [1.82, 2.24) is 9.80 Å². The Hall–Kier alpha value is -2.24. The topological polar surface area (TPSA) is 59.1 Å². The molecule has 1 aliphatic heterocycles. The number of rotatable bonds is 6. The molecule has 23 heavy (non-hydrogen) atoms. The molecule has 0 bridgehead atoms.